The van der Waals surface area contributed by atoms with Crippen LogP contribution in [0.1, 0.15) is 48.0 Å². The first-order valence-corrected chi connectivity index (χ1v) is 8.77. The average molecular weight is 337 g/mol. The van der Waals surface area contributed by atoms with Crippen molar-refractivity contribution in [3.05, 3.63) is 59.7 Å². The number of ketones is 1. The van der Waals surface area contributed by atoms with E-state index in [1.165, 1.54) is 6.42 Å². The highest BCUT2D eigenvalue weighted by Gasteiger charge is 2.23. The molecule has 0 heterocycles. The molecule has 2 aromatic rings. The fraction of sp³-hybridized carbons (Fsp3) is 0.333. The van der Waals surface area contributed by atoms with Gasteiger partial charge in [0, 0.05) is 23.1 Å². The third kappa shape index (κ3) is 4.08. The maximum atomic E-state index is 12.8. The zero-order valence-corrected chi connectivity index (χ0v) is 14.5. The number of carbonyl (C=O) groups excluding carboxylic acids is 2. The molecule has 0 aromatic heterocycles. The van der Waals surface area contributed by atoms with E-state index in [0.29, 0.717) is 22.6 Å². The van der Waals surface area contributed by atoms with Crippen molar-refractivity contribution in [3.63, 3.8) is 0 Å². The van der Waals surface area contributed by atoms with Crippen LogP contribution in [-0.2, 0) is 4.79 Å². The van der Waals surface area contributed by atoms with Crippen molar-refractivity contribution in [2.75, 3.05) is 12.4 Å². The molecular weight excluding hydrogens is 314 g/mol. The largest absolute Gasteiger partial charge is 0.497 e. The Bertz CT molecular complexity index is 749. The number of nitrogens with one attached hydrogen (secondary N) is 1. The Morgan fingerprint density at radius 3 is 2.40 bits per heavy atom. The minimum Gasteiger partial charge on any atom is -0.497 e. The van der Waals surface area contributed by atoms with E-state index in [0.717, 1.165) is 25.7 Å². The van der Waals surface area contributed by atoms with Gasteiger partial charge in [0.05, 0.1) is 12.8 Å². The van der Waals surface area contributed by atoms with E-state index < -0.39 is 0 Å². The van der Waals surface area contributed by atoms with Crippen LogP contribution in [0.25, 0.3) is 0 Å². The van der Waals surface area contributed by atoms with E-state index >= 15 is 0 Å². The molecule has 130 valence electrons. The number of rotatable bonds is 5. The molecule has 0 saturated heterocycles. The van der Waals surface area contributed by atoms with Crippen LogP contribution in [0.15, 0.2) is 48.5 Å². The van der Waals surface area contributed by atoms with E-state index in [-0.39, 0.29) is 17.6 Å². The maximum Gasteiger partial charge on any atom is 0.227 e. The lowest BCUT2D eigenvalue weighted by Gasteiger charge is -2.21. The molecule has 1 saturated carbocycles. The molecule has 1 amide bonds. The van der Waals surface area contributed by atoms with Crippen LogP contribution in [0.4, 0.5) is 5.69 Å². The molecule has 1 fully saturated rings. The third-order valence-electron chi connectivity index (χ3n) is 4.74. The van der Waals surface area contributed by atoms with Gasteiger partial charge in [-0.1, -0.05) is 49.6 Å². The van der Waals surface area contributed by atoms with Crippen LogP contribution < -0.4 is 10.1 Å². The van der Waals surface area contributed by atoms with Crippen LogP contribution >= 0.6 is 0 Å². The van der Waals surface area contributed by atoms with E-state index in [1.54, 1.807) is 37.4 Å². The highest BCUT2D eigenvalue weighted by Crippen LogP contribution is 2.28. The van der Waals surface area contributed by atoms with Crippen molar-refractivity contribution < 1.29 is 14.3 Å². The fourth-order valence-corrected chi connectivity index (χ4v) is 3.30. The van der Waals surface area contributed by atoms with E-state index in [4.69, 9.17) is 4.74 Å². The highest BCUT2D eigenvalue weighted by molar-refractivity contribution is 6.14. The smallest absolute Gasteiger partial charge is 0.227 e. The Morgan fingerprint density at radius 1 is 1.00 bits per heavy atom. The van der Waals surface area contributed by atoms with Crippen LogP contribution in [-0.4, -0.2) is 18.8 Å². The summed E-state index contributed by atoms with van der Waals surface area (Å²) in [6, 6.07) is 14.3. The molecule has 0 radical (unpaired) electrons. The average Bonchev–Trinajstić information content (AvgIpc) is 2.68. The predicted molar refractivity (Wildman–Crippen MR) is 98.1 cm³/mol. The number of carbonyl (C=O) groups is 2. The summed E-state index contributed by atoms with van der Waals surface area (Å²) in [7, 11) is 1.57. The van der Waals surface area contributed by atoms with Gasteiger partial charge in [-0.15, -0.1) is 0 Å². The summed E-state index contributed by atoms with van der Waals surface area (Å²) < 4.78 is 5.26. The molecule has 1 aliphatic rings. The summed E-state index contributed by atoms with van der Waals surface area (Å²) in [6.07, 6.45) is 5.20. The van der Waals surface area contributed by atoms with E-state index in [9.17, 15) is 9.59 Å². The second-order valence-electron chi connectivity index (χ2n) is 6.43. The quantitative estimate of drug-likeness (QED) is 0.820. The Balaban J connectivity index is 1.88. The lowest BCUT2D eigenvalue weighted by molar-refractivity contribution is -0.120. The fourth-order valence-electron chi connectivity index (χ4n) is 3.30. The van der Waals surface area contributed by atoms with E-state index in [2.05, 4.69) is 5.32 Å². The topological polar surface area (TPSA) is 55.4 Å². The Labute approximate surface area is 148 Å². The van der Waals surface area contributed by atoms with Gasteiger partial charge in [0.25, 0.3) is 0 Å². The molecule has 4 nitrogen and oxygen atoms in total. The van der Waals surface area contributed by atoms with Crippen LogP contribution in [0.5, 0.6) is 5.75 Å². The molecule has 25 heavy (non-hydrogen) atoms. The SMILES string of the molecule is COc1ccc(C(=O)c2ccccc2)c(NC(=O)C2CCCCC2)c1. The van der Waals surface area contributed by atoms with Gasteiger partial charge in [0.1, 0.15) is 5.75 Å². The van der Waals surface area contributed by atoms with Crippen molar-refractivity contribution in [1.29, 1.82) is 0 Å². The molecule has 4 heteroatoms. The maximum absolute atomic E-state index is 12.8. The number of anilines is 1. The van der Waals surface area contributed by atoms with Crippen LogP contribution in [0, 0.1) is 5.92 Å². The number of amides is 1. The summed E-state index contributed by atoms with van der Waals surface area (Å²) in [6.45, 7) is 0. The molecule has 0 atom stereocenters. The number of ether oxygens (including phenoxy) is 1. The lowest BCUT2D eigenvalue weighted by Crippen LogP contribution is -2.25. The molecule has 0 aliphatic heterocycles. The molecule has 2 aromatic carbocycles. The number of hydrogen-bond donors (Lipinski definition) is 1. The van der Waals surface area contributed by atoms with Gasteiger partial charge in [0.2, 0.25) is 5.91 Å². The predicted octanol–water partition coefficient (Wildman–Crippen LogP) is 4.45. The summed E-state index contributed by atoms with van der Waals surface area (Å²) >= 11 is 0. The van der Waals surface area contributed by atoms with Crippen molar-refractivity contribution in [2.24, 2.45) is 5.92 Å². The van der Waals surface area contributed by atoms with Crippen molar-refractivity contribution >= 4 is 17.4 Å². The zero-order valence-electron chi connectivity index (χ0n) is 14.5. The van der Waals surface area contributed by atoms with Gasteiger partial charge in [-0.3, -0.25) is 9.59 Å². The number of hydrogen-bond acceptors (Lipinski definition) is 3. The normalized spacial score (nSPS) is 14.8. The monoisotopic (exact) mass is 337 g/mol. The molecule has 0 bridgehead atoms. The van der Waals surface area contributed by atoms with Gasteiger partial charge in [-0.25, -0.2) is 0 Å². The van der Waals surface area contributed by atoms with Crippen LogP contribution in [0.2, 0.25) is 0 Å². The molecule has 0 unspecified atom stereocenters. The van der Waals surface area contributed by atoms with Gasteiger partial charge < -0.3 is 10.1 Å². The third-order valence-corrected chi connectivity index (χ3v) is 4.74. The van der Waals surface area contributed by atoms with Gasteiger partial charge in [-0.05, 0) is 25.0 Å². The zero-order chi connectivity index (χ0) is 17.6. The first-order valence-electron chi connectivity index (χ1n) is 8.77. The number of methoxy groups -OCH3 is 1. The molecule has 3 rings (SSSR count). The van der Waals surface area contributed by atoms with Gasteiger partial charge in [-0.2, -0.15) is 0 Å². The Hall–Kier alpha value is -2.62. The minimum atomic E-state index is -0.109. The Morgan fingerprint density at radius 2 is 1.72 bits per heavy atom. The Kier molecular flexibility index (Phi) is 5.49. The first kappa shape index (κ1) is 17.2. The summed E-state index contributed by atoms with van der Waals surface area (Å²) in [5.74, 6) is 0.528. The molecular formula is C21H23NO3. The molecule has 0 spiro atoms. The van der Waals surface area contributed by atoms with E-state index in [1.807, 2.05) is 18.2 Å². The van der Waals surface area contributed by atoms with Crippen molar-refractivity contribution in [3.8, 4) is 5.75 Å². The number of benzene rings is 2. The summed E-state index contributed by atoms with van der Waals surface area (Å²) in [5, 5.41) is 2.97. The molecule has 1 aliphatic carbocycles. The second-order valence-corrected chi connectivity index (χ2v) is 6.43. The van der Waals surface area contributed by atoms with Crippen molar-refractivity contribution in [2.45, 2.75) is 32.1 Å². The standard InChI is InChI=1S/C21H23NO3/c1-25-17-12-13-18(20(23)15-8-4-2-5-9-15)19(14-17)22-21(24)16-10-6-3-7-11-16/h2,4-5,8-9,12-14,16H,3,6-7,10-11H2,1H3,(H,22,24). The van der Waals surface area contributed by atoms with Gasteiger partial charge >= 0.3 is 0 Å². The summed E-state index contributed by atoms with van der Waals surface area (Å²) in [5.41, 5.74) is 1.60. The second kappa shape index (κ2) is 7.97. The highest BCUT2D eigenvalue weighted by atomic mass is 16.5. The van der Waals surface area contributed by atoms with Crippen molar-refractivity contribution in [1.82, 2.24) is 0 Å². The molecule has 1 N–H and O–H groups in total. The lowest BCUT2D eigenvalue weighted by atomic mass is 9.88. The first-order chi connectivity index (χ1) is 12.2. The summed E-state index contributed by atoms with van der Waals surface area (Å²) in [4.78, 5) is 25.4. The minimum absolute atomic E-state index is 0.00457. The van der Waals surface area contributed by atoms with Gasteiger partial charge in [0.15, 0.2) is 5.78 Å². The van der Waals surface area contributed by atoms with Crippen LogP contribution in [0.3, 0.4) is 0 Å².